The lowest BCUT2D eigenvalue weighted by atomic mass is 9.88. The molecule has 0 N–H and O–H groups in total. The van der Waals surface area contributed by atoms with Crippen LogP contribution in [0, 0.1) is 0 Å². The predicted molar refractivity (Wildman–Crippen MR) is 143 cm³/mol. The van der Waals surface area contributed by atoms with Crippen LogP contribution in [-0.2, 0) is 32.0 Å². The normalized spacial score (nSPS) is 22.7. The van der Waals surface area contributed by atoms with Gasteiger partial charge < -0.3 is 9.47 Å². The molecule has 10 heteroatoms. The van der Waals surface area contributed by atoms with Gasteiger partial charge in [-0.05, 0) is 51.2 Å². The molecule has 3 aliphatic rings. The van der Waals surface area contributed by atoms with Crippen molar-refractivity contribution in [2.75, 3.05) is 6.61 Å². The van der Waals surface area contributed by atoms with Crippen LogP contribution in [0.4, 0.5) is 14.4 Å². The molecule has 2 atom stereocenters. The van der Waals surface area contributed by atoms with E-state index in [4.69, 9.17) is 9.47 Å². The maximum atomic E-state index is 14.1. The Morgan fingerprint density at radius 2 is 1.60 bits per heavy atom. The van der Waals surface area contributed by atoms with Gasteiger partial charge >= 0.3 is 18.2 Å². The number of benzene rings is 2. The van der Waals surface area contributed by atoms with Crippen molar-refractivity contribution in [1.29, 1.82) is 0 Å². The van der Waals surface area contributed by atoms with Crippen molar-refractivity contribution in [3.63, 3.8) is 0 Å². The Bertz CT molecular complexity index is 1380. The Morgan fingerprint density at radius 1 is 0.975 bits per heavy atom. The number of carbonyl (C=O) groups is 5. The number of rotatable bonds is 5. The molecule has 2 fully saturated rings. The zero-order valence-electron chi connectivity index (χ0n) is 22.7. The zero-order chi connectivity index (χ0) is 28.7. The maximum absolute atomic E-state index is 14.1. The number of imide groups is 3. The van der Waals surface area contributed by atoms with Crippen LogP contribution in [0.25, 0.3) is 0 Å². The average Bonchev–Trinajstić information content (AvgIpc) is 3.56. The highest BCUT2D eigenvalue weighted by molar-refractivity contribution is 6.20. The van der Waals surface area contributed by atoms with E-state index in [9.17, 15) is 24.0 Å². The van der Waals surface area contributed by atoms with E-state index in [1.165, 1.54) is 6.08 Å². The van der Waals surface area contributed by atoms with E-state index in [0.717, 1.165) is 20.3 Å². The zero-order valence-corrected chi connectivity index (χ0v) is 22.7. The van der Waals surface area contributed by atoms with Gasteiger partial charge in [-0.1, -0.05) is 66.7 Å². The number of carbonyl (C=O) groups excluding carboxylic acids is 5. The highest BCUT2D eigenvalue weighted by Gasteiger charge is 2.66. The van der Waals surface area contributed by atoms with E-state index in [-0.39, 0.29) is 31.6 Å². The quantitative estimate of drug-likeness (QED) is 0.511. The van der Waals surface area contributed by atoms with Crippen molar-refractivity contribution in [3.05, 3.63) is 83.4 Å². The molecule has 6 amide bonds. The van der Waals surface area contributed by atoms with Gasteiger partial charge in [0, 0.05) is 5.57 Å². The van der Waals surface area contributed by atoms with Gasteiger partial charge in [0.15, 0.2) is 5.54 Å². The number of cyclic esters (lactones) is 1. The molecule has 0 radical (unpaired) electrons. The van der Waals surface area contributed by atoms with Crippen LogP contribution in [0.1, 0.15) is 44.7 Å². The van der Waals surface area contributed by atoms with Gasteiger partial charge in [-0.2, -0.15) is 0 Å². The second kappa shape index (κ2) is 10.3. The lowest BCUT2D eigenvalue weighted by molar-refractivity contribution is -0.135. The first-order chi connectivity index (χ1) is 19.0. The van der Waals surface area contributed by atoms with E-state index < -0.39 is 47.2 Å². The number of hydrogen-bond acceptors (Lipinski definition) is 7. The summed E-state index contributed by atoms with van der Waals surface area (Å²) in [6.07, 6.45) is 0.242. The first-order valence-electron chi connectivity index (χ1n) is 13.2. The first-order valence-corrected chi connectivity index (χ1v) is 13.2. The van der Waals surface area contributed by atoms with Gasteiger partial charge in [-0.25, -0.2) is 24.2 Å². The SMILES string of the molecule is CC(C)(C)OC(=O)N1C(=O)N(Cc2ccccc2)C(=O)[C@]12CCC=C2C(=O)N1C(=O)OC[C@@H]1Cc1ccccc1. The van der Waals surface area contributed by atoms with Crippen LogP contribution in [0.5, 0.6) is 0 Å². The van der Waals surface area contributed by atoms with Crippen LogP contribution in [0.3, 0.4) is 0 Å². The summed E-state index contributed by atoms with van der Waals surface area (Å²) in [5, 5.41) is 0. The molecule has 2 aliphatic heterocycles. The minimum Gasteiger partial charge on any atom is -0.447 e. The standard InChI is InChI=1S/C30H31N3O7/c1-29(2,3)40-28(38)33-26(36)31(18-21-13-8-5-9-14-21)25(35)30(33)16-10-15-23(30)24(34)32-22(19-39-27(32)37)17-20-11-6-4-7-12-20/h4-9,11-15,22H,10,16-19H2,1-3H3/t22-,30+/m0/s1. The molecule has 40 heavy (non-hydrogen) atoms. The Hall–Kier alpha value is -4.47. The largest absolute Gasteiger partial charge is 0.447 e. The number of allylic oxidation sites excluding steroid dienone is 1. The van der Waals surface area contributed by atoms with E-state index in [1.54, 1.807) is 45.0 Å². The highest BCUT2D eigenvalue weighted by atomic mass is 16.6. The molecule has 2 saturated heterocycles. The van der Waals surface area contributed by atoms with E-state index in [1.807, 2.05) is 36.4 Å². The molecule has 0 saturated carbocycles. The summed E-state index contributed by atoms with van der Waals surface area (Å²) in [6, 6.07) is 16.7. The molecule has 0 bridgehead atoms. The molecule has 0 unspecified atom stereocenters. The smallest absolute Gasteiger partial charge is 0.419 e. The molecule has 10 nitrogen and oxygen atoms in total. The Labute approximate surface area is 232 Å². The van der Waals surface area contributed by atoms with E-state index in [2.05, 4.69) is 0 Å². The van der Waals surface area contributed by atoms with Crippen LogP contribution in [0.15, 0.2) is 72.3 Å². The molecule has 0 aromatic heterocycles. The monoisotopic (exact) mass is 545 g/mol. The Kier molecular flexibility index (Phi) is 6.95. The van der Waals surface area contributed by atoms with Crippen molar-refractivity contribution in [3.8, 4) is 0 Å². The summed E-state index contributed by atoms with van der Waals surface area (Å²) in [5.41, 5.74) is -1.45. The lowest BCUT2D eigenvalue weighted by Crippen LogP contribution is -2.57. The number of nitrogens with zero attached hydrogens (tertiary/aromatic N) is 3. The molecule has 2 aromatic rings. The van der Waals surface area contributed by atoms with Gasteiger partial charge in [0.25, 0.3) is 11.8 Å². The summed E-state index contributed by atoms with van der Waals surface area (Å²) in [7, 11) is 0. The van der Waals surface area contributed by atoms with Gasteiger partial charge in [-0.15, -0.1) is 0 Å². The van der Waals surface area contributed by atoms with Crippen LogP contribution in [0.2, 0.25) is 0 Å². The Balaban J connectivity index is 1.52. The van der Waals surface area contributed by atoms with Crippen LogP contribution >= 0.6 is 0 Å². The third kappa shape index (κ3) is 4.74. The number of amides is 6. The van der Waals surface area contributed by atoms with E-state index >= 15 is 0 Å². The molecule has 2 aromatic carbocycles. The predicted octanol–water partition coefficient (Wildman–Crippen LogP) is 4.44. The Morgan fingerprint density at radius 3 is 2.23 bits per heavy atom. The van der Waals surface area contributed by atoms with Crippen molar-refractivity contribution >= 4 is 30.0 Å². The number of urea groups is 1. The summed E-state index contributed by atoms with van der Waals surface area (Å²) >= 11 is 0. The topological polar surface area (TPSA) is 114 Å². The molecule has 2 heterocycles. The van der Waals surface area contributed by atoms with Gasteiger partial charge in [0.2, 0.25) is 0 Å². The maximum Gasteiger partial charge on any atom is 0.419 e. The van der Waals surface area contributed by atoms with Gasteiger partial charge in [0.05, 0.1) is 12.6 Å². The molecule has 1 aliphatic carbocycles. The third-order valence-corrected chi connectivity index (χ3v) is 7.19. The molecule has 208 valence electrons. The number of hydrogen-bond donors (Lipinski definition) is 0. The first kappa shape index (κ1) is 27.1. The molecular formula is C30H31N3O7. The second-order valence-electron chi connectivity index (χ2n) is 11.1. The summed E-state index contributed by atoms with van der Waals surface area (Å²) < 4.78 is 10.8. The van der Waals surface area contributed by atoms with Crippen LogP contribution in [-0.4, -0.2) is 68.5 Å². The number of ether oxygens (including phenoxy) is 2. The summed E-state index contributed by atoms with van der Waals surface area (Å²) in [6.45, 7) is 4.83. The molecule has 5 rings (SSSR count). The fraction of sp³-hybridized carbons (Fsp3) is 0.367. The molecular weight excluding hydrogens is 514 g/mol. The third-order valence-electron chi connectivity index (χ3n) is 7.19. The van der Waals surface area contributed by atoms with Gasteiger partial charge in [-0.3, -0.25) is 14.5 Å². The van der Waals surface area contributed by atoms with Crippen molar-refractivity contribution in [2.45, 2.75) is 63.8 Å². The average molecular weight is 546 g/mol. The van der Waals surface area contributed by atoms with Crippen LogP contribution < -0.4 is 0 Å². The van der Waals surface area contributed by atoms with Crippen molar-refractivity contribution < 1.29 is 33.4 Å². The molecule has 1 spiro atoms. The van der Waals surface area contributed by atoms with Crippen molar-refractivity contribution in [2.24, 2.45) is 0 Å². The fourth-order valence-corrected chi connectivity index (χ4v) is 5.46. The summed E-state index contributed by atoms with van der Waals surface area (Å²) in [4.78, 5) is 71.0. The lowest BCUT2D eigenvalue weighted by Gasteiger charge is -2.34. The fourth-order valence-electron chi connectivity index (χ4n) is 5.46. The highest BCUT2D eigenvalue weighted by Crippen LogP contribution is 2.45. The second-order valence-corrected chi connectivity index (χ2v) is 11.1. The van der Waals surface area contributed by atoms with E-state index in [0.29, 0.717) is 12.0 Å². The summed E-state index contributed by atoms with van der Waals surface area (Å²) in [5.74, 6) is -1.48. The minimum absolute atomic E-state index is 0.00454. The van der Waals surface area contributed by atoms with Crippen molar-refractivity contribution in [1.82, 2.24) is 14.7 Å². The minimum atomic E-state index is -1.94. The van der Waals surface area contributed by atoms with Gasteiger partial charge in [0.1, 0.15) is 12.2 Å².